The van der Waals surface area contributed by atoms with Crippen LogP contribution in [0, 0.1) is 0 Å². The summed E-state index contributed by atoms with van der Waals surface area (Å²) in [6.45, 7) is 5.32. The summed E-state index contributed by atoms with van der Waals surface area (Å²) < 4.78 is 25.1. The van der Waals surface area contributed by atoms with Gasteiger partial charge in [-0.05, 0) is 62.1 Å². The Morgan fingerprint density at radius 2 is 1.93 bits per heavy atom. The molecule has 29 heavy (non-hydrogen) atoms. The van der Waals surface area contributed by atoms with Gasteiger partial charge in [0.05, 0.1) is 5.75 Å². The van der Waals surface area contributed by atoms with Crippen LogP contribution in [0.1, 0.15) is 44.6 Å². The zero-order valence-corrected chi connectivity index (χ0v) is 18.4. The molecule has 8 heteroatoms. The number of anilines is 1. The molecule has 0 bridgehead atoms. The standard InChI is InChI=1S/C21H29ClN4O2S/c1-2-19-6-3-4-14-26(19)15-5-13-23-20-11-12-21(25-24-20)29(27,28)16-17-7-9-18(22)10-8-17/h7-12,19H,2-6,13-16H2,1H3,(H,23,24)/t19-/m0/s1. The predicted octanol–water partition coefficient (Wildman–Crippen LogP) is 4.17. The number of nitrogens with one attached hydrogen (secondary N) is 1. The Kier molecular flexibility index (Phi) is 7.86. The van der Waals surface area contributed by atoms with Crippen molar-refractivity contribution >= 4 is 27.3 Å². The first kappa shape index (κ1) is 22.0. The van der Waals surface area contributed by atoms with Gasteiger partial charge in [-0.15, -0.1) is 10.2 Å². The number of aromatic nitrogens is 2. The van der Waals surface area contributed by atoms with Crippen LogP contribution in [-0.4, -0.2) is 49.2 Å². The second-order valence-corrected chi connectivity index (χ2v) is 9.89. The van der Waals surface area contributed by atoms with E-state index in [0.29, 0.717) is 22.4 Å². The summed E-state index contributed by atoms with van der Waals surface area (Å²) in [4.78, 5) is 2.59. The number of rotatable bonds is 9. The molecular weight excluding hydrogens is 408 g/mol. The molecule has 1 aromatic heterocycles. The number of benzene rings is 1. The largest absolute Gasteiger partial charge is 0.369 e. The Balaban J connectivity index is 1.48. The van der Waals surface area contributed by atoms with Crippen molar-refractivity contribution in [2.45, 2.75) is 55.8 Å². The van der Waals surface area contributed by atoms with Crippen LogP contribution in [0.3, 0.4) is 0 Å². The maximum absolute atomic E-state index is 12.5. The van der Waals surface area contributed by atoms with Crippen LogP contribution in [0.25, 0.3) is 0 Å². The molecule has 0 unspecified atom stereocenters. The molecule has 1 aliphatic heterocycles. The normalized spacial score (nSPS) is 17.9. The van der Waals surface area contributed by atoms with E-state index < -0.39 is 9.84 Å². The summed E-state index contributed by atoms with van der Waals surface area (Å²) in [7, 11) is -3.54. The maximum atomic E-state index is 12.5. The summed E-state index contributed by atoms with van der Waals surface area (Å²) in [6.07, 6.45) is 6.18. The van der Waals surface area contributed by atoms with Crippen LogP contribution < -0.4 is 5.32 Å². The van der Waals surface area contributed by atoms with Gasteiger partial charge in [0.15, 0.2) is 5.03 Å². The number of hydrogen-bond acceptors (Lipinski definition) is 6. The van der Waals surface area contributed by atoms with Gasteiger partial charge in [0.25, 0.3) is 0 Å². The molecule has 3 rings (SSSR count). The van der Waals surface area contributed by atoms with E-state index in [1.807, 2.05) is 0 Å². The lowest BCUT2D eigenvalue weighted by molar-refractivity contribution is 0.144. The van der Waals surface area contributed by atoms with Gasteiger partial charge in [0, 0.05) is 24.2 Å². The molecule has 1 aromatic carbocycles. The zero-order valence-electron chi connectivity index (χ0n) is 16.8. The van der Waals surface area contributed by atoms with Crippen LogP contribution in [0.2, 0.25) is 5.02 Å². The second-order valence-electron chi connectivity index (χ2n) is 7.52. The van der Waals surface area contributed by atoms with Crippen molar-refractivity contribution in [1.29, 1.82) is 0 Å². The SMILES string of the molecule is CC[C@H]1CCCCN1CCCNc1ccc(S(=O)(=O)Cc2ccc(Cl)cc2)nn1. The van der Waals surface area contributed by atoms with Gasteiger partial charge in [-0.3, -0.25) is 0 Å². The van der Waals surface area contributed by atoms with Gasteiger partial charge in [0.2, 0.25) is 9.84 Å². The van der Waals surface area contributed by atoms with Gasteiger partial charge in [-0.2, -0.15) is 0 Å². The Morgan fingerprint density at radius 3 is 2.62 bits per heavy atom. The summed E-state index contributed by atoms with van der Waals surface area (Å²) in [6, 6.07) is 10.7. The fraction of sp³-hybridized carbons (Fsp3) is 0.524. The molecule has 0 saturated carbocycles. The molecule has 0 amide bonds. The lowest BCUT2D eigenvalue weighted by atomic mass is 10.00. The van der Waals surface area contributed by atoms with Crippen molar-refractivity contribution in [3.63, 3.8) is 0 Å². The van der Waals surface area contributed by atoms with Gasteiger partial charge >= 0.3 is 0 Å². The summed E-state index contributed by atoms with van der Waals surface area (Å²) in [5, 5.41) is 11.8. The van der Waals surface area contributed by atoms with E-state index in [4.69, 9.17) is 11.6 Å². The minimum atomic E-state index is -3.54. The van der Waals surface area contributed by atoms with E-state index in [1.54, 1.807) is 30.3 Å². The van der Waals surface area contributed by atoms with Crippen molar-refractivity contribution in [2.24, 2.45) is 0 Å². The Labute approximate surface area is 178 Å². The van der Waals surface area contributed by atoms with E-state index in [2.05, 4.69) is 27.3 Å². The van der Waals surface area contributed by atoms with Crippen LogP contribution in [-0.2, 0) is 15.6 Å². The van der Waals surface area contributed by atoms with Crippen LogP contribution in [0.4, 0.5) is 5.82 Å². The minimum absolute atomic E-state index is 0.0166. The number of piperidine rings is 1. The summed E-state index contributed by atoms with van der Waals surface area (Å²) in [5.41, 5.74) is 0.668. The zero-order chi connectivity index (χ0) is 20.7. The molecule has 0 spiro atoms. The Morgan fingerprint density at radius 1 is 1.14 bits per heavy atom. The average molecular weight is 437 g/mol. The number of hydrogen-bond donors (Lipinski definition) is 1. The molecule has 1 aliphatic rings. The lowest BCUT2D eigenvalue weighted by Gasteiger charge is -2.35. The molecule has 1 saturated heterocycles. The molecule has 158 valence electrons. The molecule has 2 heterocycles. The third-order valence-electron chi connectivity index (χ3n) is 5.38. The predicted molar refractivity (Wildman–Crippen MR) is 117 cm³/mol. The smallest absolute Gasteiger partial charge is 0.201 e. The Bertz CT molecular complexity index is 873. The van der Waals surface area contributed by atoms with Gasteiger partial charge in [-0.1, -0.05) is 37.1 Å². The average Bonchev–Trinajstić information content (AvgIpc) is 2.73. The molecule has 0 radical (unpaired) electrons. The monoisotopic (exact) mass is 436 g/mol. The van der Waals surface area contributed by atoms with Crippen molar-refractivity contribution < 1.29 is 8.42 Å². The molecule has 0 aliphatic carbocycles. The third kappa shape index (κ3) is 6.39. The van der Waals surface area contributed by atoms with Gasteiger partial charge in [0.1, 0.15) is 5.82 Å². The highest BCUT2D eigenvalue weighted by Gasteiger charge is 2.20. The highest BCUT2D eigenvalue weighted by molar-refractivity contribution is 7.90. The molecule has 1 fully saturated rings. The van der Waals surface area contributed by atoms with Crippen molar-refractivity contribution in [3.8, 4) is 0 Å². The van der Waals surface area contributed by atoms with E-state index in [-0.39, 0.29) is 10.8 Å². The highest BCUT2D eigenvalue weighted by Crippen LogP contribution is 2.20. The molecule has 6 nitrogen and oxygen atoms in total. The second kappa shape index (κ2) is 10.4. The third-order valence-corrected chi connectivity index (χ3v) is 7.20. The van der Waals surface area contributed by atoms with E-state index in [1.165, 1.54) is 38.3 Å². The van der Waals surface area contributed by atoms with Crippen LogP contribution in [0.15, 0.2) is 41.4 Å². The lowest BCUT2D eigenvalue weighted by Crippen LogP contribution is -2.40. The maximum Gasteiger partial charge on any atom is 0.201 e. The molecule has 2 aromatic rings. The van der Waals surface area contributed by atoms with Gasteiger partial charge < -0.3 is 10.2 Å². The number of likely N-dealkylation sites (tertiary alicyclic amines) is 1. The van der Waals surface area contributed by atoms with Crippen molar-refractivity contribution in [3.05, 3.63) is 47.0 Å². The minimum Gasteiger partial charge on any atom is -0.369 e. The first-order chi connectivity index (χ1) is 14.0. The first-order valence-corrected chi connectivity index (χ1v) is 12.3. The molecule has 1 atom stereocenters. The molecular formula is C21H29ClN4O2S. The van der Waals surface area contributed by atoms with E-state index >= 15 is 0 Å². The number of sulfone groups is 1. The summed E-state index contributed by atoms with van der Waals surface area (Å²) in [5.74, 6) is 0.473. The molecule has 1 N–H and O–H groups in total. The quantitative estimate of drug-likeness (QED) is 0.594. The first-order valence-electron chi connectivity index (χ1n) is 10.3. The number of halogens is 1. The van der Waals surface area contributed by atoms with E-state index in [9.17, 15) is 8.42 Å². The topological polar surface area (TPSA) is 75.2 Å². The van der Waals surface area contributed by atoms with Crippen molar-refractivity contribution in [2.75, 3.05) is 25.0 Å². The van der Waals surface area contributed by atoms with E-state index in [0.717, 1.165) is 19.5 Å². The van der Waals surface area contributed by atoms with Crippen LogP contribution >= 0.6 is 11.6 Å². The van der Waals surface area contributed by atoms with Gasteiger partial charge in [-0.25, -0.2) is 8.42 Å². The Hall–Kier alpha value is -1.70. The number of nitrogens with zero attached hydrogens (tertiary/aromatic N) is 3. The fourth-order valence-electron chi connectivity index (χ4n) is 3.77. The van der Waals surface area contributed by atoms with Crippen molar-refractivity contribution in [1.82, 2.24) is 15.1 Å². The summed E-state index contributed by atoms with van der Waals surface area (Å²) >= 11 is 5.85. The highest BCUT2D eigenvalue weighted by atomic mass is 35.5. The van der Waals surface area contributed by atoms with Crippen LogP contribution in [0.5, 0.6) is 0 Å². The fourth-order valence-corrected chi connectivity index (χ4v) is 5.12.